The predicted octanol–water partition coefficient (Wildman–Crippen LogP) is 3.49. The minimum Gasteiger partial charge on any atom is -0.491 e. The molecular formula is C28H40N4O4. The molecule has 2 amide bonds. The van der Waals surface area contributed by atoms with Crippen LogP contribution in [0.15, 0.2) is 34.9 Å². The molecule has 1 fully saturated rings. The number of hydrogen-bond donors (Lipinski definition) is 2. The van der Waals surface area contributed by atoms with Crippen LogP contribution in [0.25, 0.3) is 0 Å². The van der Waals surface area contributed by atoms with Crippen molar-refractivity contribution in [2.24, 2.45) is 11.3 Å². The Balaban J connectivity index is 1.25. The van der Waals surface area contributed by atoms with Gasteiger partial charge < -0.3 is 19.9 Å². The first-order valence-electron chi connectivity index (χ1n) is 13.4. The van der Waals surface area contributed by atoms with E-state index >= 15 is 0 Å². The third-order valence-corrected chi connectivity index (χ3v) is 7.32. The van der Waals surface area contributed by atoms with Crippen LogP contribution in [0.4, 0.5) is 0 Å². The lowest BCUT2D eigenvalue weighted by atomic mass is 9.73. The van der Waals surface area contributed by atoms with Crippen molar-refractivity contribution >= 4 is 11.8 Å². The number of hydrogen-bond acceptors (Lipinski definition) is 6. The van der Waals surface area contributed by atoms with Crippen LogP contribution in [0.2, 0.25) is 0 Å². The minimum absolute atomic E-state index is 0.0354. The van der Waals surface area contributed by atoms with Gasteiger partial charge in [0.25, 0.3) is 0 Å². The zero-order valence-electron chi connectivity index (χ0n) is 21.7. The summed E-state index contributed by atoms with van der Waals surface area (Å²) in [6.45, 7) is 7.39. The van der Waals surface area contributed by atoms with Crippen LogP contribution >= 0.6 is 0 Å². The van der Waals surface area contributed by atoms with Crippen LogP contribution < -0.4 is 15.4 Å². The normalized spacial score (nSPS) is 19.0. The van der Waals surface area contributed by atoms with Gasteiger partial charge in [0.15, 0.2) is 5.76 Å². The summed E-state index contributed by atoms with van der Waals surface area (Å²) < 4.78 is 11.3. The lowest BCUT2D eigenvalue weighted by Gasteiger charge is -2.40. The molecule has 1 spiro atoms. The second kappa shape index (κ2) is 12.4. The van der Waals surface area contributed by atoms with E-state index in [1.165, 1.54) is 5.56 Å². The number of likely N-dealkylation sites (tertiary alicyclic amines) is 1. The van der Waals surface area contributed by atoms with Crippen molar-refractivity contribution in [1.29, 1.82) is 0 Å². The van der Waals surface area contributed by atoms with Gasteiger partial charge in [-0.25, -0.2) is 0 Å². The molecule has 2 aromatic rings. The highest BCUT2D eigenvalue weighted by atomic mass is 16.5. The maximum Gasteiger partial charge on any atom is 0.234 e. The molecule has 1 aromatic heterocycles. The summed E-state index contributed by atoms with van der Waals surface area (Å²) in [6.07, 6.45) is 6.27. The molecule has 8 nitrogen and oxygen atoms in total. The molecule has 8 heteroatoms. The number of aromatic nitrogens is 1. The number of ether oxygens (including phenoxy) is 1. The van der Waals surface area contributed by atoms with Crippen molar-refractivity contribution in [3.8, 4) is 5.75 Å². The summed E-state index contributed by atoms with van der Waals surface area (Å²) >= 11 is 0. The summed E-state index contributed by atoms with van der Waals surface area (Å²) in [4.78, 5) is 27.9. The monoisotopic (exact) mass is 496 g/mol. The largest absolute Gasteiger partial charge is 0.491 e. The molecule has 2 aliphatic rings. The van der Waals surface area contributed by atoms with Crippen LogP contribution in [-0.2, 0) is 29.0 Å². The molecule has 3 heterocycles. The zero-order chi connectivity index (χ0) is 25.4. The minimum atomic E-state index is -0.363. The van der Waals surface area contributed by atoms with E-state index in [9.17, 15) is 9.59 Å². The standard InChI is InChI=1S/C28H40N4O4/c1-21(2)17-23-18-24(36-31-23)19-30-26(33)20-32-14-11-28(12-15-32)10-6-5-8-22-7-3-4-9-25(22)35-16-13-29-27(28)34/h3-4,7,9,18,21H,5-6,8,10-17,19-20H2,1-2H3,(H,29,34)(H,30,33). The van der Waals surface area contributed by atoms with Gasteiger partial charge in [-0.1, -0.05) is 43.6 Å². The molecule has 2 N–H and O–H groups in total. The predicted molar refractivity (Wildman–Crippen MR) is 138 cm³/mol. The number of rotatable bonds is 6. The summed E-state index contributed by atoms with van der Waals surface area (Å²) in [7, 11) is 0. The van der Waals surface area contributed by atoms with Gasteiger partial charge in [0.2, 0.25) is 11.8 Å². The molecule has 0 radical (unpaired) electrons. The lowest BCUT2D eigenvalue weighted by Crippen LogP contribution is -2.51. The van der Waals surface area contributed by atoms with Crippen molar-refractivity contribution in [3.05, 3.63) is 47.3 Å². The molecule has 0 saturated carbocycles. The van der Waals surface area contributed by atoms with Crippen LogP contribution in [0, 0.1) is 11.3 Å². The Bertz CT molecular complexity index is 1010. The second-order valence-electron chi connectivity index (χ2n) is 10.6. The molecule has 0 unspecified atom stereocenters. The Hall–Kier alpha value is -2.87. The van der Waals surface area contributed by atoms with Crippen molar-refractivity contribution in [1.82, 2.24) is 20.7 Å². The van der Waals surface area contributed by atoms with E-state index in [1.807, 2.05) is 18.2 Å². The summed E-state index contributed by atoms with van der Waals surface area (Å²) in [6, 6.07) is 10.1. The van der Waals surface area contributed by atoms with E-state index in [0.29, 0.717) is 37.9 Å². The SMILES string of the molecule is CC(C)Cc1cc(CNC(=O)CN2CCC3(CCCCc4ccccc4OCCNC3=O)CC2)on1. The van der Waals surface area contributed by atoms with Crippen LogP contribution in [0.5, 0.6) is 5.75 Å². The van der Waals surface area contributed by atoms with Gasteiger partial charge in [0.1, 0.15) is 12.4 Å². The maximum atomic E-state index is 13.2. The zero-order valence-corrected chi connectivity index (χ0v) is 21.7. The van der Waals surface area contributed by atoms with Gasteiger partial charge in [-0.05, 0) is 69.2 Å². The van der Waals surface area contributed by atoms with Gasteiger partial charge in [0, 0.05) is 6.07 Å². The number of carbonyl (C=O) groups is 2. The highest BCUT2D eigenvalue weighted by Gasteiger charge is 2.40. The second-order valence-corrected chi connectivity index (χ2v) is 10.6. The Morgan fingerprint density at radius 1 is 1.19 bits per heavy atom. The van der Waals surface area contributed by atoms with Crippen molar-refractivity contribution < 1.29 is 18.8 Å². The van der Waals surface area contributed by atoms with Gasteiger partial charge in [-0.3, -0.25) is 14.5 Å². The van der Waals surface area contributed by atoms with E-state index in [2.05, 4.69) is 46.7 Å². The van der Waals surface area contributed by atoms with Crippen molar-refractivity contribution in [3.63, 3.8) is 0 Å². The van der Waals surface area contributed by atoms with Crippen molar-refractivity contribution in [2.75, 3.05) is 32.8 Å². The number of aryl methyl sites for hydroxylation is 1. The number of carbonyl (C=O) groups excluding carboxylic acids is 2. The van der Waals surface area contributed by atoms with E-state index in [0.717, 1.165) is 69.5 Å². The fraction of sp³-hybridized carbons (Fsp3) is 0.607. The number of benzene rings is 1. The molecular weight excluding hydrogens is 456 g/mol. The van der Waals surface area contributed by atoms with Gasteiger partial charge in [0.05, 0.1) is 30.7 Å². The Morgan fingerprint density at radius 2 is 2.00 bits per heavy atom. The van der Waals surface area contributed by atoms with E-state index < -0.39 is 0 Å². The van der Waals surface area contributed by atoms with E-state index in [1.54, 1.807) is 0 Å². The molecule has 1 saturated heterocycles. The average Bonchev–Trinajstić information content (AvgIpc) is 3.31. The molecule has 1 aromatic carbocycles. The highest BCUT2D eigenvalue weighted by Crippen LogP contribution is 2.37. The van der Waals surface area contributed by atoms with Crippen molar-refractivity contribution in [2.45, 2.75) is 65.3 Å². The number of nitrogens with one attached hydrogen (secondary N) is 2. The van der Waals surface area contributed by atoms with Crippen LogP contribution in [0.3, 0.4) is 0 Å². The topological polar surface area (TPSA) is 96.7 Å². The first-order valence-corrected chi connectivity index (χ1v) is 13.4. The van der Waals surface area contributed by atoms with E-state index in [-0.39, 0.29) is 17.2 Å². The Labute approximate surface area is 214 Å². The summed E-state index contributed by atoms with van der Waals surface area (Å²) in [5, 5.41) is 10.1. The third-order valence-electron chi connectivity index (χ3n) is 7.32. The molecule has 4 rings (SSSR count). The quantitative estimate of drug-likeness (QED) is 0.636. The molecule has 36 heavy (non-hydrogen) atoms. The first-order chi connectivity index (χ1) is 17.4. The Morgan fingerprint density at radius 3 is 2.81 bits per heavy atom. The highest BCUT2D eigenvalue weighted by molar-refractivity contribution is 5.83. The number of para-hydroxylation sites is 1. The van der Waals surface area contributed by atoms with E-state index in [4.69, 9.17) is 9.26 Å². The van der Waals surface area contributed by atoms with Gasteiger partial charge in [-0.15, -0.1) is 0 Å². The smallest absolute Gasteiger partial charge is 0.234 e. The lowest BCUT2D eigenvalue weighted by molar-refractivity contribution is -0.135. The van der Waals surface area contributed by atoms with Gasteiger partial charge >= 0.3 is 0 Å². The maximum absolute atomic E-state index is 13.2. The molecule has 0 atom stereocenters. The molecule has 0 aliphatic carbocycles. The summed E-state index contributed by atoms with van der Waals surface area (Å²) in [5.74, 6) is 2.20. The fourth-order valence-electron chi connectivity index (χ4n) is 5.27. The third kappa shape index (κ3) is 7.09. The van der Waals surface area contributed by atoms with Crippen LogP contribution in [-0.4, -0.2) is 54.7 Å². The number of piperidine rings is 1. The molecule has 0 bridgehead atoms. The average molecular weight is 497 g/mol. The fourth-order valence-corrected chi connectivity index (χ4v) is 5.27. The number of fused-ring (bicyclic) bond motifs is 1. The first kappa shape index (κ1) is 26.2. The number of nitrogens with zero attached hydrogens (tertiary/aromatic N) is 2. The number of amides is 2. The van der Waals surface area contributed by atoms with Gasteiger partial charge in [-0.2, -0.15) is 0 Å². The Kier molecular flexibility index (Phi) is 9.02. The molecule has 196 valence electrons. The summed E-state index contributed by atoms with van der Waals surface area (Å²) in [5.41, 5.74) is 1.79. The van der Waals surface area contributed by atoms with Crippen LogP contribution in [0.1, 0.15) is 63.0 Å². The molecule has 2 aliphatic heterocycles.